The van der Waals surface area contributed by atoms with E-state index < -0.39 is 0 Å². The van der Waals surface area contributed by atoms with Gasteiger partial charge in [0.1, 0.15) is 11.6 Å². The molecule has 0 unspecified atom stereocenters. The second-order valence-electron chi connectivity index (χ2n) is 7.47. The number of nitrogens with zero attached hydrogens (tertiary/aromatic N) is 3. The summed E-state index contributed by atoms with van der Waals surface area (Å²) in [6.45, 7) is 3.87. The van der Waals surface area contributed by atoms with E-state index >= 15 is 0 Å². The average Bonchev–Trinajstić information content (AvgIpc) is 3.31. The summed E-state index contributed by atoms with van der Waals surface area (Å²) in [5.74, 6) is 2.40. The van der Waals surface area contributed by atoms with E-state index in [0.29, 0.717) is 17.4 Å². The number of rotatable bonds is 4. The van der Waals surface area contributed by atoms with E-state index in [1.807, 2.05) is 0 Å². The number of hydrogen-bond donors (Lipinski definition) is 1. The Morgan fingerprint density at radius 2 is 2.04 bits per heavy atom. The molecule has 6 heteroatoms. The minimum Gasteiger partial charge on any atom is -0.347 e. The van der Waals surface area contributed by atoms with E-state index in [1.165, 1.54) is 37.8 Å². The molecule has 0 spiro atoms. The van der Waals surface area contributed by atoms with Crippen LogP contribution in [0.15, 0.2) is 24.3 Å². The molecule has 0 aliphatic heterocycles. The molecule has 1 aromatic heterocycles. The maximum atomic E-state index is 13.1. The van der Waals surface area contributed by atoms with Crippen molar-refractivity contribution in [3.63, 3.8) is 0 Å². The van der Waals surface area contributed by atoms with Crippen molar-refractivity contribution in [3.05, 3.63) is 41.7 Å². The van der Waals surface area contributed by atoms with E-state index in [1.54, 1.807) is 23.7 Å². The molecule has 1 amide bonds. The number of carbonyl (C=O) groups is 1. The first kappa shape index (κ1) is 16.2. The van der Waals surface area contributed by atoms with Crippen molar-refractivity contribution in [1.82, 2.24) is 20.1 Å². The highest BCUT2D eigenvalue weighted by molar-refractivity contribution is 5.90. The van der Waals surface area contributed by atoms with Crippen LogP contribution in [0.25, 0.3) is 5.69 Å². The molecule has 4 rings (SSSR count). The predicted octanol–water partition coefficient (Wildman–Crippen LogP) is 3.27. The third-order valence-electron chi connectivity index (χ3n) is 5.84. The zero-order valence-corrected chi connectivity index (χ0v) is 14.6. The van der Waals surface area contributed by atoms with Gasteiger partial charge in [0.15, 0.2) is 0 Å². The normalized spacial score (nSPS) is 26.0. The van der Waals surface area contributed by atoms with Gasteiger partial charge in [-0.3, -0.25) is 4.79 Å². The maximum Gasteiger partial charge on any atom is 0.291 e. The van der Waals surface area contributed by atoms with Gasteiger partial charge in [-0.1, -0.05) is 6.42 Å². The quantitative estimate of drug-likeness (QED) is 0.928. The molecule has 4 atom stereocenters. The minimum atomic E-state index is -0.306. The van der Waals surface area contributed by atoms with E-state index in [9.17, 15) is 9.18 Å². The summed E-state index contributed by atoms with van der Waals surface area (Å²) in [7, 11) is 0. The van der Waals surface area contributed by atoms with Crippen LogP contribution in [0.2, 0.25) is 0 Å². The highest BCUT2D eigenvalue weighted by Gasteiger charge is 2.42. The number of fused-ring (bicyclic) bond motifs is 2. The molecule has 2 fully saturated rings. The SMILES string of the molecule is Cc1nc(C(=O)N[C@@H](C)[C@@H]2C[C@H]3CC[C@H]2C3)nn1-c1ccc(F)cc1. The second-order valence-corrected chi connectivity index (χ2v) is 7.47. The zero-order valence-electron chi connectivity index (χ0n) is 14.6. The smallest absolute Gasteiger partial charge is 0.291 e. The highest BCUT2D eigenvalue weighted by atomic mass is 19.1. The van der Waals surface area contributed by atoms with Gasteiger partial charge in [-0.25, -0.2) is 14.1 Å². The van der Waals surface area contributed by atoms with E-state index in [-0.39, 0.29) is 23.6 Å². The van der Waals surface area contributed by atoms with E-state index in [4.69, 9.17) is 0 Å². The van der Waals surface area contributed by atoms with Gasteiger partial charge in [-0.15, -0.1) is 5.10 Å². The van der Waals surface area contributed by atoms with E-state index in [2.05, 4.69) is 22.3 Å². The third kappa shape index (κ3) is 3.05. The van der Waals surface area contributed by atoms with Crippen molar-refractivity contribution >= 4 is 5.91 Å². The summed E-state index contributed by atoms with van der Waals surface area (Å²) in [5.41, 5.74) is 0.687. The Balaban J connectivity index is 1.47. The van der Waals surface area contributed by atoms with Crippen LogP contribution in [0.3, 0.4) is 0 Å². The van der Waals surface area contributed by atoms with Crippen molar-refractivity contribution in [3.8, 4) is 5.69 Å². The van der Waals surface area contributed by atoms with Crippen molar-refractivity contribution in [2.24, 2.45) is 17.8 Å². The molecule has 0 saturated heterocycles. The summed E-state index contributed by atoms with van der Waals surface area (Å²) in [6.07, 6.45) is 5.20. The van der Waals surface area contributed by atoms with Crippen molar-refractivity contribution in [2.45, 2.75) is 45.6 Å². The molecule has 2 aliphatic carbocycles. The molecule has 25 heavy (non-hydrogen) atoms. The van der Waals surface area contributed by atoms with Gasteiger partial charge in [-0.2, -0.15) is 0 Å². The zero-order chi connectivity index (χ0) is 17.6. The van der Waals surface area contributed by atoms with Gasteiger partial charge in [-0.05, 0) is 75.1 Å². The standard InChI is InChI=1S/C19H23FN4O/c1-11(17-10-13-3-4-14(17)9-13)21-19(25)18-22-12(2)24(23-18)16-7-5-15(20)6-8-16/h5-8,11,13-14,17H,3-4,9-10H2,1-2H3,(H,21,25)/t11-,13-,14-,17-/m0/s1. The highest BCUT2D eigenvalue weighted by Crippen LogP contribution is 2.49. The molecule has 1 N–H and O–H groups in total. The second kappa shape index (κ2) is 6.24. The number of hydrogen-bond acceptors (Lipinski definition) is 3. The van der Waals surface area contributed by atoms with Gasteiger partial charge in [0.25, 0.3) is 5.91 Å². The first-order valence-corrected chi connectivity index (χ1v) is 9.01. The Morgan fingerprint density at radius 1 is 1.28 bits per heavy atom. The van der Waals surface area contributed by atoms with Gasteiger partial charge in [0.05, 0.1) is 5.69 Å². The number of benzene rings is 1. The summed E-state index contributed by atoms with van der Waals surface area (Å²) in [5, 5.41) is 7.40. The summed E-state index contributed by atoms with van der Waals surface area (Å²) < 4.78 is 14.6. The van der Waals surface area contributed by atoms with Crippen LogP contribution in [0.4, 0.5) is 4.39 Å². The van der Waals surface area contributed by atoms with Crippen LogP contribution >= 0.6 is 0 Å². The van der Waals surface area contributed by atoms with E-state index in [0.717, 1.165) is 11.8 Å². The van der Waals surface area contributed by atoms with Crippen LogP contribution in [-0.4, -0.2) is 26.7 Å². The molecule has 132 valence electrons. The molecule has 2 saturated carbocycles. The minimum absolute atomic E-state index is 0.140. The number of halogens is 1. The molecule has 2 aliphatic rings. The van der Waals surface area contributed by atoms with Crippen LogP contribution in [0, 0.1) is 30.5 Å². The molecular formula is C19H23FN4O. The predicted molar refractivity (Wildman–Crippen MR) is 91.9 cm³/mol. The monoisotopic (exact) mass is 342 g/mol. The molecule has 2 bridgehead atoms. The fourth-order valence-corrected chi connectivity index (χ4v) is 4.60. The number of aryl methyl sites for hydroxylation is 1. The lowest BCUT2D eigenvalue weighted by Gasteiger charge is -2.28. The first-order valence-electron chi connectivity index (χ1n) is 9.01. The summed E-state index contributed by atoms with van der Waals surface area (Å²) in [6, 6.07) is 6.12. The van der Waals surface area contributed by atoms with Crippen molar-refractivity contribution < 1.29 is 9.18 Å². The lowest BCUT2D eigenvalue weighted by molar-refractivity contribution is 0.0904. The fraction of sp³-hybridized carbons (Fsp3) is 0.526. The number of nitrogens with one attached hydrogen (secondary N) is 1. The van der Waals surface area contributed by atoms with Crippen LogP contribution in [0.1, 0.15) is 49.1 Å². The summed E-state index contributed by atoms with van der Waals surface area (Å²) >= 11 is 0. The third-order valence-corrected chi connectivity index (χ3v) is 5.84. The van der Waals surface area contributed by atoms with Crippen LogP contribution in [-0.2, 0) is 0 Å². The van der Waals surface area contributed by atoms with Gasteiger partial charge < -0.3 is 5.32 Å². The number of carbonyl (C=O) groups excluding carboxylic acids is 1. The van der Waals surface area contributed by atoms with Crippen molar-refractivity contribution in [2.75, 3.05) is 0 Å². The Bertz CT molecular complexity index is 785. The van der Waals surface area contributed by atoms with Crippen molar-refractivity contribution in [1.29, 1.82) is 0 Å². The Kier molecular flexibility index (Phi) is 4.06. The molecule has 2 aromatic rings. The fourth-order valence-electron chi connectivity index (χ4n) is 4.60. The lowest BCUT2D eigenvalue weighted by Crippen LogP contribution is -2.40. The molecular weight excluding hydrogens is 319 g/mol. The largest absolute Gasteiger partial charge is 0.347 e. The number of amides is 1. The molecule has 0 radical (unpaired) electrons. The van der Waals surface area contributed by atoms with Gasteiger partial charge in [0, 0.05) is 6.04 Å². The Hall–Kier alpha value is -2.24. The van der Waals surface area contributed by atoms with Gasteiger partial charge in [0.2, 0.25) is 5.82 Å². The number of aromatic nitrogens is 3. The molecule has 1 heterocycles. The summed E-state index contributed by atoms with van der Waals surface area (Å²) in [4.78, 5) is 16.8. The van der Waals surface area contributed by atoms with Crippen LogP contribution < -0.4 is 5.32 Å². The first-order chi connectivity index (χ1) is 12.0. The molecule has 5 nitrogen and oxygen atoms in total. The lowest BCUT2D eigenvalue weighted by atomic mass is 9.84. The Morgan fingerprint density at radius 3 is 2.68 bits per heavy atom. The maximum absolute atomic E-state index is 13.1. The Labute approximate surface area is 146 Å². The average molecular weight is 342 g/mol. The molecule has 1 aromatic carbocycles. The van der Waals surface area contributed by atoms with Crippen LogP contribution in [0.5, 0.6) is 0 Å². The van der Waals surface area contributed by atoms with Gasteiger partial charge >= 0.3 is 0 Å². The topological polar surface area (TPSA) is 59.8 Å².